The summed E-state index contributed by atoms with van der Waals surface area (Å²) in [5, 5.41) is 3.44. The number of nitrogens with one attached hydrogen (secondary N) is 1. The van der Waals surface area contributed by atoms with Crippen molar-refractivity contribution < 1.29 is 0 Å². The van der Waals surface area contributed by atoms with Gasteiger partial charge in [-0.05, 0) is 54.6 Å². The van der Waals surface area contributed by atoms with E-state index in [0.29, 0.717) is 5.92 Å². The molecule has 0 amide bonds. The highest BCUT2D eigenvalue weighted by Gasteiger charge is 2.15. The second-order valence-electron chi connectivity index (χ2n) is 5.65. The molecule has 2 rings (SSSR count). The summed E-state index contributed by atoms with van der Waals surface area (Å²) in [5.41, 5.74) is 5.35. The number of hydrogen-bond acceptors (Lipinski definition) is 1. The topological polar surface area (TPSA) is 12.0 Å². The highest BCUT2D eigenvalue weighted by molar-refractivity contribution is 9.10. The third-order valence-corrected chi connectivity index (χ3v) is 5.22. The third kappa shape index (κ3) is 3.56. The number of halogens is 1. The first-order chi connectivity index (χ1) is 10.1. The molecule has 0 aromatic heterocycles. The molecular formula is C19H24BrN. The van der Waals surface area contributed by atoms with E-state index >= 15 is 0 Å². The van der Waals surface area contributed by atoms with Crippen molar-refractivity contribution in [3.8, 4) is 0 Å². The van der Waals surface area contributed by atoms with Gasteiger partial charge in [0.1, 0.15) is 0 Å². The second-order valence-corrected chi connectivity index (χ2v) is 6.51. The summed E-state index contributed by atoms with van der Waals surface area (Å²) >= 11 is 3.63. The van der Waals surface area contributed by atoms with Gasteiger partial charge in [0.15, 0.2) is 0 Å². The predicted molar refractivity (Wildman–Crippen MR) is 94.9 cm³/mol. The van der Waals surface area contributed by atoms with Gasteiger partial charge in [-0.15, -0.1) is 0 Å². The van der Waals surface area contributed by atoms with Gasteiger partial charge in [0.25, 0.3) is 0 Å². The fraction of sp³-hybridized carbons (Fsp3) is 0.368. The Bertz CT molecular complexity index is 589. The van der Waals surface area contributed by atoms with Crippen molar-refractivity contribution in [1.82, 2.24) is 5.32 Å². The fourth-order valence-electron chi connectivity index (χ4n) is 2.69. The van der Waals surface area contributed by atoms with E-state index in [0.717, 1.165) is 4.47 Å². The normalized spacial score (nSPS) is 14.0. The second kappa shape index (κ2) is 7.24. The van der Waals surface area contributed by atoms with E-state index in [9.17, 15) is 0 Å². The molecule has 0 fully saturated rings. The average Bonchev–Trinajstić information content (AvgIpc) is 2.52. The number of benzene rings is 2. The minimum Gasteiger partial charge on any atom is -0.309 e. The van der Waals surface area contributed by atoms with Crippen LogP contribution in [0.15, 0.2) is 46.9 Å². The Kier molecular flexibility index (Phi) is 5.60. The van der Waals surface area contributed by atoms with Gasteiger partial charge in [-0.1, -0.05) is 66.2 Å². The van der Waals surface area contributed by atoms with Gasteiger partial charge in [-0.3, -0.25) is 0 Å². The first kappa shape index (κ1) is 16.3. The summed E-state index contributed by atoms with van der Waals surface area (Å²) in [4.78, 5) is 0. The summed E-state index contributed by atoms with van der Waals surface area (Å²) < 4.78 is 1.16. The lowest BCUT2D eigenvalue weighted by Crippen LogP contribution is -2.18. The van der Waals surface area contributed by atoms with Gasteiger partial charge < -0.3 is 5.32 Å². The van der Waals surface area contributed by atoms with E-state index in [4.69, 9.17) is 0 Å². The van der Waals surface area contributed by atoms with Crippen LogP contribution in [0.2, 0.25) is 0 Å². The van der Waals surface area contributed by atoms with Crippen molar-refractivity contribution >= 4 is 15.9 Å². The van der Waals surface area contributed by atoms with Crippen LogP contribution in [0.1, 0.15) is 54.5 Å². The summed E-state index contributed by atoms with van der Waals surface area (Å²) in [7, 11) is 2.02. The van der Waals surface area contributed by atoms with Crippen molar-refractivity contribution in [1.29, 1.82) is 0 Å². The van der Waals surface area contributed by atoms with Crippen LogP contribution in [0.4, 0.5) is 0 Å². The first-order valence-electron chi connectivity index (χ1n) is 7.60. The molecule has 1 N–H and O–H groups in total. The molecule has 2 heteroatoms. The molecule has 0 aliphatic rings. The molecule has 2 aromatic carbocycles. The van der Waals surface area contributed by atoms with Crippen LogP contribution in [0.3, 0.4) is 0 Å². The van der Waals surface area contributed by atoms with Crippen LogP contribution in [0.5, 0.6) is 0 Å². The molecule has 2 atom stereocenters. The lowest BCUT2D eigenvalue weighted by molar-refractivity contribution is 0.684. The maximum absolute atomic E-state index is 3.63. The molecule has 0 saturated heterocycles. The smallest absolute Gasteiger partial charge is 0.0577 e. The van der Waals surface area contributed by atoms with E-state index in [2.05, 4.69) is 84.5 Å². The molecule has 112 valence electrons. The van der Waals surface area contributed by atoms with Crippen molar-refractivity contribution in [3.63, 3.8) is 0 Å². The molecule has 21 heavy (non-hydrogen) atoms. The maximum atomic E-state index is 3.63. The highest BCUT2D eigenvalue weighted by atomic mass is 79.9. The Hall–Kier alpha value is -1.12. The summed E-state index contributed by atoms with van der Waals surface area (Å²) in [5.74, 6) is 0.625. The molecule has 2 unspecified atom stereocenters. The average molecular weight is 346 g/mol. The van der Waals surface area contributed by atoms with Crippen LogP contribution in [0.25, 0.3) is 0 Å². The van der Waals surface area contributed by atoms with Crippen molar-refractivity contribution in [2.75, 3.05) is 7.05 Å². The summed E-state index contributed by atoms with van der Waals surface area (Å²) in [6, 6.07) is 15.7. The molecule has 2 aromatic rings. The molecule has 0 spiro atoms. The first-order valence-corrected chi connectivity index (χ1v) is 8.39. The zero-order chi connectivity index (χ0) is 15.4. The van der Waals surface area contributed by atoms with Crippen LogP contribution < -0.4 is 5.32 Å². The summed E-state index contributed by atoms with van der Waals surface area (Å²) in [6.45, 7) is 6.68. The minimum atomic E-state index is 0.230. The van der Waals surface area contributed by atoms with E-state index in [1.54, 1.807) is 0 Å². The van der Waals surface area contributed by atoms with Crippen LogP contribution in [0, 0.1) is 6.92 Å². The molecule has 0 heterocycles. The molecule has 1 nitrogen and oxygen atoms in total. The fourth-order valence-corrected chi connectivity index (χ4v) is 3.07. The van der Waals surface area contributed by atoms with Crippen LogP contribution >= 0.6 is 15.9 Å². The van der Waals surface area contributed by atoms with E-state index < -0.39 is 0 Å². The Morgan fingerprint density at radius 2 is 1.67 bits per heavy atom. The minimum absolute atomic E-state index is 0.230. The van der Waals surface area contributed by atoms with E-state index in [-0.39, 0.29) is 6.04 Å². The molecule has 0 bridgehead atoms. The molecule has 0 saturated carbocycles. The zero-order valence-corrected chi connectivity index (χ0v) is 14.9. The van der Waals surface area contributed by atoms with E-state index in [1.165, 1.54) is 28.7 Å². The van der Waals surface area contributed by atoms with Crippen molar-refractivity contribution in [2.45, 2.75) is 39.2 Å². The SMILES string of the molecule is CCC(C)c1ccc(C(NC)c2cccc(Br)c2C)cc1. The summed E-state index contributed by atoms with van der Waals surface area (Å²) in [6.07, 6.45) is 1.18. The van der Waals surface area contributed by atoms with Gasteiger partial charge in [0.2, 0.25) is 0 Å². The van der Waals surface area contributed by atoms with Gasteiger partial charge in [0, 0.05) is 4.47 Å². The Balaban J connectivity index is 2.35. The Morgan fingerprint density at radius 3 is 2.24 bits per heavy atom. The third-order valence-electron chi connectivity index (χ3n) is 4.36. The van der Waals surface area contributed by atoms with Crippen LogP contribution in [-0.2, 0) is 0 Å². The number of hydrogen-bond donors (Lipinski definition) is 1. The zero-order valence-electron chi connectivity index (χ0n) is 13.3. The van der Waals surface area contributed by atoms with Gasteiger partial charge in [-0.2, -0.15) is 0 Å². The van der Waals surface area contributed by atoms with Gasteiger partial charge in [0.05, 0.1) is 6.04 Å². The largest absolute Gasteiger partial charge is 0.309 e. The molecule has 0 aliphatic heterocycles. The molecule has 0 aliphatic carbocycles. The predicted octanol–water partition coefficient (Wildman–Crippen LogP) is 5.58. The van der Waals surface area contributed by atoms with Gasteiger partial charge in [-0.25, -0.2) is 0 Å². The molecular weight excluding hydrogens is 322 g/mol. The monoisotopic (exact) mass is 345 g/mol. The Labute approximate surface area is 136 Å². The maximum Gasteiger partial charge on any atom is 0.0577 e. The highest BCUT2D eigenvalue weighted by Crippen LogP contribution is 2.30. The Morgan fingerprint density at radius 1 is 1.05 bits per heavy atom. The molecule has 0 radical (unpaired) electrons. The van der Waals surface area contributed by atoms with E-state index in [1.807, 2.05) is 7.05 Å². The lowest BCUT2D eigenvalue weighted by atomic mass is 9.92. The lowest BCUT2D eigenvalue weighted by Gasteiger charge is -2.21. The van der Waals surface area contributed by atoms with Gasteiger partial charge >= 0.3 is 0 Å². The van der Waals surface area contributed by atoms with Crippen molar-refractivity contribution in [3.05, 3.63) is 69.2 Å². The van der Waals surface area contributed by atoms with Crippen LogP contribution in [-0.4, -0.2) is 7.05 Å². The quantitative estimate of drug-likeness (QED) is 0.745. The number of rotatable bonds is 5. The van der Waals surface area contributed by atoms with Crippen molar-refractivity contribution in [2.24, 2.45) is 0 Å². The standard InChI is InChI=1S/C19H24BrN/c1-5-13(2)15-9-11-16(12-10-15)19(21-4)17-7-6-8-18(20)14(17)3/h6-13,19,21H,5H2,1-4H3.